The zero-order chi connectivity index (χ0) is 29.2. The van der Waals surface area contributed by atoms with Gasteiger partial charge in [0.1, 0.15) is 6.07 Å². The fourth-order valence-corrected chi connectivity index (χ4v) is 5.49. The van der Waals surface area contributed by atoms with Crippen molar-refractivity contribution in [2.24, 2.45) is 0 Å². The van der Waals surface area contributed by atoms with E-state index in [0.29, 0.717) is 61.1 Å². The molecule has 0 radical (unpaired) electrons. The quantitative estimate of drug-likeness (QED) is 0.461. The first kappa shape index (κ1) is 28.3. The molecule has 3 aromatic rings. The predicted molar refractivity (Wildman–Crippen MR) is 145 cm³/mol. The highest BCUT2D eigenvalue weighted by Crippen LogP contribution is 2.39. The Morgan fingerprint density at radius 1 is 1.17 bits per heavy atom. The maximum absolute atomic E-state index is 13.8. The van der Waals surface area contributed by atoms with Crippen molar-refractivity contribution >= 4 is 11.6 Å². The van der Waals surface area contributed by atoms with Gasteiger partial charge < -0.3 is 19.9 Å². The van der Waals surface area contributed by atoms with Gasteiger partial charge in [0.2, 0.25) is 11.8 Å². The summed E-state index contributed by atoms with van der Waals surface area (Å²) >= 11 is 0. The van der Waals surface area contributed by atoms with E-state index in [4.69, 9.17) is 4.74 Å². The van der Waals surface area contributed by atoms with E-state index >= 15 is 0 Å². The number of anilines is 1. The maximum atomic E-state index is 13.8. The number of amides is 1. The molecule has 0 spiro atoms. The number of likely N-dealkylation sites (N-methyl/N-ethyl adjacent to an activating group) is 1. The van der Waals surface area contributed by atoms with Crippen LogP contribution in [0.3, 0.4) is 0 Å². The zero-order valence-corrected chi connectivity index (χ0v) is 22.8. The number of ether oxygens (including phenoxy) is 1. The van der Waals surface area contributed by atoms with Crippen LogP contribution in [0.4, 0.5) is 18.9 Å². The minimum atomic E-state index is -4.54. The van der Waals surface area contributed by atoms with Gasteiger partial charge in [-0.05, 0) is 69.3 Å². The molecule has 2 aromatic heterocycles. The molecule has 2 aliphatic rings. The molecule has 1 N–H and O–H groups in total. The molecule has 41 heavy (non-hydrogen) atoms. The van der Waals surface area contributed by atoms with Gasteiger partial charge in [-0.3, -0.25) is 4.79 Å². The number of hydrogen-bond donors (Lipinski definition) is 1. The molecule has 1 aromatic carbocycles. The predicted octanol–water partition coefficient (Wildman–Crippen LogP) is 3.80. The Kier molecular flexibility index (Phi) is 7.82. The molecular formula is C29H30F3N7O2. The summed E-state index contributed by atoms with van der Waals surface area (Å²) in [6.07, 6.45) is -2.22. The van der Waals surface area contributed by atoms with E-state index in [9.17, 15) is 23.2 Å². The summed E-state index contributed by atoms with van der Waals surface area (Å²) in [7, 11) is 1.98. The van der Waals surface area contributed by atoms with Gasteiger partial charge in [0.25, 0.3) is 0 Å². The van der Waals surface area contributed by atoms with E-state index in [-0.39, 0.29) is 17.5 Å². The third-order valence-corrected chi connectivity index (χ3v) is 7.72. The highest BCUT2D eigenvalue weighted by molar-refractivity contribution is 5.88. The van der Waals surface area contributed by atoms with Gasteiger partial charge in [0.05, 0.1) is 51.8 Å². The lowest BCUT2D eigenvalue weighted by atomic mass is 9.74. The summed E-state index contributed by atoms with van der Waals surface area (Å²) in [4.78, 5) is 22.1. The monoisotopic (exact) mass is 565 g/mol. The van der Waals surface area contributed by atoms with Crippen molar-refractivity contribution in [3.63, 3.8) is 0 Å². The number of carbonyl (C=O) groups is 1. The average molecular weight is 566 g/mol. The Morgan fingerprint density at radius 3 is 2.54 bits per heavy atom. The molecule has 1 amide bonds. The van der Waals surface area contributed by atoms with Crippen LogP contribution in [-0.2, 0) is 16.4 Å². The minimum Gasteiger partial charge on any atom is -0.477 e. The maximum Gasteiger partial charge on any atom is 0.416 e. The first-order chi connectivity index (χ1) is 19.6. The molecule has 4 heterocycles. The number of piperidine rings is 1. The molecule has 0 unspecified atom stereocenters. The number of alkyl halides is 3. The molecule has 9 nitrogen and oxygen atoms in total. The van der Waals surface area contributed by atoms with Crippen molar-refractivity contribution in [1.29, 1.82) is 5.26 Å². The van der Waals surface area contributed by atoms with Crippen molar-refractivity contribution in [2.75, 3.05) is 44.7 Å². The lowest BCUT2D eigenvalue weighted by Crippen LogP contribution is -2.62. The molecule has 12 heteroatoms. The molecule has 2 fully saturated rings. The Balaban J connectivity index is 1.43. The van der Waals surface area contributed by atoms with E-state index in [1.165, 1.54) is 6.07 Å². The van der Waals surface area contributed by atoms with Crippen LogP contribution < -0.4 is 15.0 Å². The molecule has 0 atom stereocenters. The van der Waals surface area contributed by atoms with E-state index in [2.05, 4.69) is 25.4 Å². The van der Waals surface area contributed by atoms with Crippen molar-refractivity contribution in [3.05, 3.63) is 65.5 Å². The number of nitrogens with zero attached hydrogens (tertiary/aromatic N) is 6. The van der Waals surface area contributed by atoms with E-state index in [0.717, 1.165) is 25.2 Å². The molecular weight excluding hydrogens is 535 g/mol. The number of nitriles is 1. The van der Waals surface area contributed by atoms with Gasteiger partial charge in [-0.2, -0.15) is 28.6 Å². The van der Waals surface area contributed by atoms with Gasteiger partial charge in [-0.15, -0.1) is 0 Å². The van der Waals surface area contributed by atoms with Crippen molar-refractivity contribution in [2.45, 2.75) is 37.4 Å². The van der Waals surface area contributed by atoms with Gasteiger partial charge >= 0.3 is 6.18 Å². The Labute approximate surface area is 236 Å². The molecule has 0 bridgehead atoms. The molecule has 2 aliphatic heterocycles. The third kappa shape index (κ3) is 5.67. The van der Waals surface area contributed by atoms with Crippen molar-refractivity contribution < 1.29 is 22.7 Å². The highest BCUT2D eigenvalue weighted by atomic mass is 19.4. The summed E-state index contributed by atoms with van der Waals surface area (Å²) in [6.45, 7) is 4.50. The molecule has 0 aliphatic carbocycles. The van der Waals surface area contributed by atoms with Crippen molar-refractivity contribution in [1.82, 2.24) is 25.4 Å². The van der Waals surface area contributed by atoms with Gasteiger partial charge in [-0.25, -0.2) is 4.98 Å². The van der Waals surface area contributed by atoms with Gasteiger partial charge in [0.15, 0.2) is 0 Å². The standard InChI is InChI=1S/C29H30F3N7O2/c1-3-41-26-22(5-4-12-34-26)23-7-9-25(37-36-23)28(27(40)35-21-17-38(2)18-21)10-13-39(14-11-28)24-8-6-20(29(30,31)32)15-19(24)16-33/h4-9,12,15,21H,3,10-11,13-14,17-18H2,1-2H3,(H,35,40). The van der Waals surface area contributed by atoms with Crippen LogP contribution in [0.25, 0.3) is 11.3 Å². The second-order valence-electron chi connectivity index (χ2n) is 10.4. The van der Waals surface area contributed by atoms with Crippen LogP contribution >= 0.6 is 0 Å². The van der Waals surface area contributed by atoms with Crippen LogP contribution in [0.2, 0.25) is 0 Å². The lowest BCUT2D eigenvalue weighted by molar-refractivity contribution is -0.137. The smallest absolute Gasteiger partial charge is 0.416 e. The second kappa shape index (κ2) is 11.3. The number of benzene rings is 1. The third-order valence-electron chi connectivity index (χ3n) is 7.72. The number of nitrogens with one attached hydrogen (secondary N) is 1. The SMILES string of the molecule is CCOc1ncccc1-c1ccc(C2(C(=O)NC3CN(C)C3)CCN(c3ccc(C(F)(F)F)cc3C#N)CC2)nn1. The number of carbonyl (C=O) groups excluding carboxylic acids is 1. The van der Waals surface area contributed by atoms with Crippen LogP contribution in [0.5, 0.6) is 5.88 Å². The molecule has 214 valence electrons. The van der Waals surface area contributed by atoms with E-state index < -0.39 is 17.2 Å². The summed E-state index contributed by atoms with van der Waals surface area (Å²) in [6, 6.07) is 12.3. The Hall–Kier alpha value is -4.24. The largest absolute Gasteiger partial charge is 0.477 e. The number of aromatic nitrogens is 3. The zero-order valence-electron chi connectivity index (χ0n) is 22.8. The summed E-state index contributed by atoms with van der Waals surface area (Å²) < 4.78 is 45.3. The van der Waals surface area contributed by atoms with E-state index in [1.807, 2.05) is 31.0 Å². The van der Waals surface area contributed by atoms with Gasteiger partial charge in [0, 0.05) is 32.4 Å². The average Bonchev–Trinajstić information content (AvgIpc) is 2.96. The highest BCUT2D eigenvalue weighted by Gasteiger charge is 2.46. The number of halogens is 3. The molecule has 5 rings (SSSR count). The second-order valence-corrected chi connectivity index (χ2v) is 10.4. The lowest BCUT2D eigenvalue weighted by Gasteiger charge is -2.44. The Morgan fingerprint density at radius 2 is 1.93 bits per heavy atom. The van der Waals surface area contributed by atoms with Crippen LogP contribution in [0.15, 0.2) is 48.7 Å². The summed E-state index contributed by atoms with van der Waals surface area (Å²) in [5, 5.41) is 21.7. The van der Waals surface area contributed by atoms with Crippen LogP contribution in [0.1, 0.15) is 36.6 Å². The van der Waals surface area contributed by atoms with Gasteiger partial charge in [-0.1, -0.05) is 0 Å². The normalized spacial score (nSPS) is 17.4. The van der Waals surface area contributed by atoms with Crippen LogP contribution in [0, 0.1) is 11.3 Å². The first-order valence-corrected chi connectivity index (χ1v) is 13.4. The number of rotatable bonds is 7. The number of pyridine rings is 1. The minimum absolute atomic E-state index is 0.0267. The fourth-order valence-electron chi connectivity index (χ4n) is 5.49. The van der Waals surface area contributed by atoms with Crippen molar-refractivity contribution in [3.8, 4) is 23.2 Å². The van der Waals surface area contributed by atoms with Crippen LogP contribution in [-0.4, -0.2) is 71.9 Å². The molecule has 2 saturated heterocycles. The Bertz CT molecular complexity index is 1440. The number of likely N-dealkylation sites (tertiary alicyclic amines) is 1. The molecule has 0 saturated carbocycles. The first-order valence-electron chi connectivity index (χ1n) is 13.4. The topological polar surface area (TPSA) is 107 Å². The van der Waals surface area contributed by atoms with E-state index in [1.54, 1.807) is 24.4 Å². The summed E-state index contributed by atoms with van der Waals surface area (Å²) in [5.74, 6) is 0.290. The number of hydrogen-bond acceptors (Lipinski definition) is 8. The summed E-state index contributed by atoms with van der Waals surface area (Å²) in [5.41, 5.74) is 0.253. The fraction of sp³-hybridized carbons (Fsp3) is 0.414.